The molecule has 2 amide bonds. The molecule has 1 aliphatic heterocycles. The van der Waals surface area contributed by atoms with E-state index in [0.29, 0.717) is 22.7 Å². The lowest BCUT2D eigenvalue weighted by Crippen LogP contribution is -2.52. The third-order valence-corrected chi connectivity index (χ3v) is 8.53. The summed E-state index contributed by atoms with van der Waals surface area (Å²) in [7, 11) is -3.68. The van der Waals surface area contributed by atoms with Crippen LogP contribution in [0.15, 0.2) is 72.8 Å². The smallest absolute Gasteiger partial charge is 0.243 e. The normalized spacial score (nSPS) is 13.7. The highest BCUT2D eigenvalue weighted by atomic mass is 32.2. The van der Waals surface area contributed by atoms with Crippen molar-refractivity contribution in [2.75, 3.05) is 23.9 Å². The maximum absolute atomic E-state index is 13.9. The van der Waals surface area contributed by atoms with Gasteiger partial charge >= 0.3 is 0 Å². The molecule has 9 nitrogen and oxygen atoms in total. The predicted octanol–water partition coefficient (Wildman–Crippen LogP) is 4.66. The number of benzene rings is 3. The van der Waals surface area contributed by atoms with Crippen LogP contribution in [0.4, 0.5) is 10.1 Å². The summed E-state index contributed by atoms with van der Waals surface area (Å²) in [5.74, 6) is -0.0236. The van der Waals surface area contributed by atoms with Gasteiger partial charge in [0.05, 0.1) is 11.9 Å². The van der Waals surface area contributed by atoms with E-state index in [-0.39, 0.29) is 57.0 Å². The van der Waals surface area contributed by atoms with Gasteiger partial charge in [0.1, 0.15) is 11.9 Å². The molecule has 230 valence electrons. The first-order valence-corrected chi connectivity index (χ1v) is 16.2. The molecule has 2 unspecified atom stereocenters. The Morgan fingerprint density at radius 1 is 0.977 bits per heavy atom. The highest BCUT2D eigenvalue weighted by Crippen LogP contribution is 2.36. The molecular weight excluding hydrogens is 573 g/mol. The second kappa shape index (κ2) is 14.4. The average molecular weight is 612 g/mol. The monoisotopic (exact) mass is 611 g/mol. The lowest BCUT2D eigenvalue weighted by atomic mass is 10.0. The van der Waals surface area contributed by atoms with E-state index in [0.717, 1.165) is 18.2 Å². The van der Waals surface area contributed by atoms with Crippen molar-refractivity contribution >= 4 is 27.5 Å². The van der Waals surface area contributed by atoms with Crippen LogP contribution in [0.25, 0.3) is 0 Å². The third-order valence-electron chi connectivity index (χ3n) is 7.33. The summed E-state index contributed by atoms with van der Waals surface area (Å²) in [4.78, 5) is 29.0. The molecule has 1 aliphatic rings. The molecule has 43 heavy (non-hydrogen) atoms. The minimum Gasteiger partial charge on any atom is -0.454 e. The molecule has 1 heterocycles. The summed E-state index contributed by atoms with van der Waals surface area (Å²) in [5, 5.41) is 3.01. The molecule has 0 aliphatic carbocycles. The number of nitrogens with zero attached hydrogens (tertiary/aromatic N) is 2. The fraction of sp³-hybridized carbons (Fsp3) is 0.375. The van der Waals surface area contributed by atoms with Gasteiger partial charge in [0.25, 0.3) is 0 Å². The van der Waals surface area contributed by atoms with Crippen molar-refractivity contribution in [1.82, 2.24) is 10.2 Å². The molecule has 11 heteroatoms. The summed E-state index contributed by atoms with van der Waals surface area (Å²) in [5.41, 5.74) is 1.95. The maximum atomic E-state index is 13.9. The van der Waals surface area contributed by atoms with E-state index in [1.165, 1.54) is 21.3 Å². The number of carbonyl (C=O) groups is 2. The van der Waals surface area contributed by atoms with Crippen LogP contribution in [0.1, 0.15) is 44.2 Å². The van der Waals surface area contributed by atoms with Gasteiger partial charge in [-0.05, 0) is 55.2 Å². The second-order valence-electron chi connectivity index (χ2n) is 10.6. The highest BCUT2D eigenvalue weighted by Gasteiger charge is 2.31. The Labute approximate surface area is 252 Å². The molecule has 0 aromatic heterocycles. The Kier molecular flexibility index (Phi) is 10.6. The number of rotatable bonds is 14. The number of amides is 2. The van der Waals surface area contributed by atoms with Gasteiger partial charge in [0, 0.05) is 38.0 Å². The third kappa shape index (κ3) is 8.70. The summed E-state index contributed by atoms with van der Waals surface area (Å²) >= 11 is 0. The highest BCUT2D eigenvalue weighted by molar-refractivity contribution is 7.92. The number of halogens is 1. The first-order valence-electron chi connectivity index (χ1n) is 14.3. The molecule has 0 fully saturated rings. The predicted molar refractivity (Wildman–Crippen MR) is 163 cm³/mol. The fourth-order valence-electron chi connectivity index (χ4n) is 4.83. The van der Waals surface area contributed by atoms with Crippen LogP contribution in [0, 0.1) is 5.82 Å². The Hall–Kier alpha value is -4.12. The van der Waals surface area contributed by atoms with Crippen LogP contribution in [0.3, 0.4) is 0 Å². The number of sulfonamides is 1. The lowest BCUT2D eigenvalue weighted by molar-refractivity contribution is -0.141. The van der Waals surface area contributed by atoms with E-state index in [1.807, 2.05) is 44.2 Å². The standard InChI is InChI=1S/C32H38FN3O6S/c1-4-23(2)34-32(38)28(19-24-9-6-5-7-10-24)35(21-25-12-14-26(33)15-13-25)31(37)11-8-18-36(43(3,39)40)27-16-17-29-30(20-27)42-22-41-29/h5-7,9-10,12-17,20,23,28H,4,8,11,18-19,21-22H2,1-3H3,(H,34,38). The van der Waals surface area contributed by atoms with Gasteiger partial charge in [-0.2, -0.15) is 0 Å². The molecule has 0 radical (unpaired) electrons. The van der Waals surface area contributed by atoms with Gasteiger partial charge in [-0.1, -0.05) is 49.4 Å². The molecule has 0 spiro atoms. The van der Waals surface area contributed by atoms with Gasteiger partial charge in [0.2, 0.25) is 28.6 Å². The Morgan fingerprint density at radius 3 is 2.35 bits per heavy atom. The topological polar surface area (TPSA) is 105 Å². The first-order chi connectivity index (χ1) is 20.5. The number of carbonyl (C=O) groups excluding carboxylic acids is 2. The van der Waals surface area contributed by atoms with E-state index in [9.17, 15) is 22.4 Å². The molecule has 0 bridgehead atoms. The van der Waals surface area contributed by atoms with Crippen molar-refractivity contribution in [3.05, 3.63) is 89.7 Å². The molecule has 1 N–H and O–H groups in total. The first kappa shape index (κ1) is 31.8. The Balaban J connectivity index is 1.58. The van der Waals surface area contributed by atoms with Crippen LogP contribution in [-0.4, -0.2) is 56.8 Å². The maximum Gasteiger partial charge on any atom is 0.243 e. The van der Waals surface area contributed by atoms with Crippen molar-refractivity contribution in [1.29, 1.82) is 0 Å². The Morgan fingerprint density at radius 2 is 1.67 bits per heavy atom. The van der Waals surface area contributed by atoms with Crippen molar-refractivity contribution in [3.8, 4) is 11.5 Å². The number of hydrogen-bond donors (Lipinski definition) is 1. The molecule has 0 saturated carbocycles. The largest absolute Gasteiger partial charge is 0.454 e. The van der Waals surface area contributed by atoms with Gasteiger partial charge in [0.15, 0.2) is 11.5 Å². The zero-order valence-electron chi connectivity index (χ0n) is 24.7. The molecular formula is C32H38FN3O6S. The van der Waals surface area contributed by atoms with E-state index >= 15 is 0 Å². The van der Waals surface area contributed by atoms with Crippen LogP contribution in [0.2, 0.25) is 0 Å². The van der Waals surface area contributed by atoms with Crippen LogP contribution in [0.5, 0.6) is 11.5 Å². The number of ether oxygens (including phenoxy) is 2. The Bertz CT molecular complexity index is 1500. The number of hydrogen-bond acceptors (Lipinski definition) is 6. The summed E-state index contributed by atoms with van der Waals surface area (Å²) in [6, 6.07) is 19.2. The molecule has 3 aromatic rings. The molecule has 0 saturated heterocycles. The number of anilines is 1. The van der Waals surface area contributed by atoms with Crippen LogP contribution in [-0.2, 0) is 32.6 Å². The zero-order valence-corrected chi connectivity index (χ0v) is 25.5. The quantitative estimate of drug-likeness (QED) is 0.285. The molecule has 2 atom stereocenters. The van der Waals surface area contributed by atoms with E-state index < -0.39 is 21.9 Å². The van der Waals surface area contributed by atoms with Crippen molar-refractivity contribution < 1.29 is 31.9 Å². The van der Waals surface area contributed by atoms with E-state index in [1.54, 1.807) is 30.3 Å². The van der Waals surface area contributed by atoms with Gasteiger partial charge in [-0.15, -0.1) is 0 Å². The van der Waals surface area contributed by atoms with E-state index in [4.69, 9.17) is 9.47 Å². The lowest BCUT2D eigenvalue weighted by Gasteiger charge is -2.32. The number of nitrogens with one attached hydrogen (secondary N) is 1. The number of fused-ring (bicyclic) bond motifs is 1. The fourth-order valence-corrected chi connectivity index (χ4v) is 5.78. The minimum absolute atomic E-state index is 0.0142. The van der Waals surface area contributed by atoms with Gasteiger partial charge in [-0.25, -0.2) is 12.8 Å². The van der Waals surface area contributed by atoms with Crippen LogP contribution < -0.4 is 19.1 Å². The summed E-state index contributed by atoms with van der Waals surface area (Å²) in [6.45, 7) is 4.05. The van der Waals surface area contributed by atoms with Crippen molar-refractivity contribution in [2.45, 2.75) is 58.2 Å². The summed E-state index contributed by atoms with van der Waals surface area (Å²) in [6.07, 6.45) is 2.29. The SMILES string of the molecule is CCC(C)NC(=O)C(Cc1ccccc1)N(Cc1ccc(F)cc1)C(=O)CCCN(c1ccc2c(c1)OCO2)S(C)(=O)=O. The van der Waals surface area contributed by atoms with Gasteiger partial charge in [-0.3, -0.25) is 13.9 Å². The zero-order chi connectivity index (χ0) is 31.0. The van der Waals surface area contributed by atoms with Gasteiger partial charge < -0.3 is 19.7 Å². The molecule has 4 rings (SSSR count). The minimum atomic E-state index is -3.68. The second-order valence-corrected chi connectivity index (χ2v) is 12.6. The van der Waals surface area contributed by atoms with Crippen molar-refractivity contribution in [3.63, 3.8) is 0 Å². The van der Waals surface area contributed by atoms with E-state index in [2.05, 4.69) is 5.32 Å². The summed E-state index contributed by atoms with van der Waals surface area (Å²) < 4.78 is 51.1. The average Bonchev–Trinajstić information content (AvgIpc) is 3.46. The molecule has 3 aromatic carbocycles. The van der Waals surface area contributed by atoms with Crippen molar-refractivity contribution in [2.24, 2.45) is 0 Å². The van der Waals surface area contributed by atoms with Crippen LogP contribution >= 0.6 is 0 Å².